The molecule has 0 aromatic heterocycles. The zero-order chi connectivity index (χ0) is 14.4. The van der Waals surface area contributed by atoms with E-state index in [0.29, 0.717) is 12.2 Å². The molecule has 1 aromatic rings. The van der Waals surface area contributed by atoms with Gasteiger partial charge in [-0.15, -0.1) is 0 Å². The van der Waals surface area contributed by atoms with Crippen molar-refractivity contribution in [2.45, 2.75) is 26.7 Å². The lowest BCUT2D eigenvalue weighted by Gasteiger charge is -2.25. The lowest BCUT2D eigenvalue weighted by molar-refractivity contribution is 0.0698. The van der Waals surface area contributed by atoms with Gasteiger partial charge in [0.15, 0.2) is 0 Å². The molecule has 0 saturated heterocycles. The quantitative estimate of drug-likeness (QED) is 0.656. The van der Waals surface area contributed by atoms with Gasteiger partial charge in [-0.25, -0.2) is 4.79 Å². The van der Waals surface area contributed by atoms with Crippen molar-refractivity contribution in [1.29, 1.82) is 0 Å². The smallest absolute Gasteiger partial charge is 0.337 e. The van der Waals surface area contributed by atoms with Crippen molar-refractivity contribution in [1.82, 2.24) is 0 Å². The van der Waals surface area contributed by atoms with Gasteiger partial charge < -0.3 is 20.8 Å². The molecule has 106 valence electrons. The molecule has 0 heterocycles. The Morgan fingerprint density at radius 1 is 1.37 bits per heavy atom. The summed E-state index contributed by atoms with van der Waals surface area (Å²) < 4.78 is 0. The summed E-state index contributed by atoms with van der Waals surface area (Å²) in [6.45, 7) is 5.20. The molecule has 0 unspecified atom stereocenters. The van der Waals surface area contributed by atoms with Crippen LogP contribution in [0.25, 0.3) is 0 Å². The van der Waals surface area contributed by atoms with Crippen LogP contribution in [-0.4, -0.2) is 35.9 Å². The minimum absolute atomic E-state index is 0.0372. The minimum Gasteiger partial charge on any atom is -0.478 e. The van der Waals surface area contributed by atoms with E-state index in [2.05, 4.69) is 6.92 Å². The molecule has 5 nitrogen and oxygen atoms in total. The zero-order valence-electron chi connectivity index (χ0n) is 11.5. The Balaban J connectivity index is 3.12. The van der Waals surface area contributed by atoms with Crippen LogP contribution in [0, 0.1) is 6.92 Å². The number of aromatic carboxylic acids is 1. The summed E-state index contributed by atoms with van der Waals surface area (Å²) in [5, 5.41) is 18.3. The van der Waals surface area contributed by atoms with Gasteiger partial charge >= 0.3 is 5.97 Å². The number of benzene rings is 1. The van der Waals surface area contributed by atoms with Crippen molar-refractivity contribution in [3.05, 3.63) is 23.3 Å². The maximum absolute atomic E-state index is 11.2. The standard InChI is InChI=1S/C14H22N2O3/c1-3-4-5-16(6-7-17)11-8-10(2)13(15)12(9-11)14(18)19/h8-9,17H,3-7,15H2,1-2H3,(H,18,19). The largest absolute Gasteiger partial charge is 0.478 e. The van der Waals surface area contributed by atoms with Crippen LogP contribution in [0.1, 0.15) is 35.7 Å². The first-order chi connectivity index (χ1) is 9.01. The average molecular weight is 266 g/mol. The van der Waals surface area contributed by atoms with Gasteiger partial charge in [0, 0.05) is 24.5 Å². The molecule has 19 heavy (non-hydrogen) atoms. The molecule has 1 rings (SSSR count). The van der Waals surface area contributed by atoms with Crippen molar-refractivity contribution in [3.63, 3.8) is 0 Å². The number of nitrogens with two attached hydrogens (primary N) is 1. The molecule has 0 atom stereocenters. The van der Waals surface area contributed by atoms with E-state index < -0.39 is 5.97 Å². The molecule has 0 aliphatic carbocycles. The molecule has 5 heteroatoms. The third-order valence-corrected chi connectivity index (χ3v) is 3.12. The van der Waals surface area contributed by atoms with Crippen LogP contribution in [0.5, 0.6) is 0 Å². The SMILES string of the molecule is CCCCN(CCO)c1cc(C)c(N)c(C(=O)O)c1. The number of carboxylic acids is 1. The highest BCUT2D eigenvalue weighted by atomic mass is 16.4. The van der Waals surface area contributed by atoms with Crippen molar-refractivity contribution in [2.24, 2.45) is 0 Å². The number of hydrogen-bond donors (Lipinski definition) is 3. The fraction of sp³-hybridized carbons (Fsp3) is 0.500. The van der Waals surface area contributed by atoms with Crippen LogP contribution >= 0.6 is 0 Å². The molecule has 1 aromatic carbocycles. The highest BCUT2D eigenvalue weighted by molar-refractivity contribution is 5.95. The number of carbonyl (C=O) groups is 1. The summed E-state index contributed by atoms with van der Waals surface area (Å²) >= 11 is 0. The molecular weight excluding hydrogens is 244 g/mol. The predicted octanol–water partition coefficient (Wildman–Crippen LogP) is 1.87. The summed E-state index contributed by atoms with van der Waals surface area (Å²) in [5.41, 5.74) is 7.74. The summed E-state index contributed by atoms with van der Waals surface area (Å²) in [4.78, 5) is 13.2. The van der Waals surface area contributed by atoms with Crippen LogP contribution in [-0.2, 0) is 0 Å². The Labute approximate surface area is 113 Å². The van der Waals surface area contributed by atoms with Crippen LogP contribution in [0.3, 0.4) is 0 Å². The molecule has 0 amide bonds. The van der Waals surface area contributed by atoms with Crippen LogP contribution in [0.15, 0.2) is 12.1 Å². The number of unbranched alkanes of at least 4 members (excludes halogenated alkanes) is 1. The number of rotatable bonds is 7. The fourth-order valence-corrected chi connectivity index (χ4v) is 1.98. The first-order valence-corrected chi connectivity index (χ1v) is 6.50. The number of carboxylic acid groups (broad SMARTS) is 1. The van der Waals surface area contributed by atoms with Crippen LogP contribution in [0.4, 0.5) is 11.4 Å². The van der Waals surface area contributed by atoms with Gasteiger partial charge in [0.1, 0.15) is 0 Å². The Kier molecular flexibility index (Phi) is 5.63. The summed E-state index contributed by atoms with van der Waals surface area (Å²) in [6, 6.07) is 3.45. The summed E-state index contributed by atoms with van der Waals surface area (Å²) in [5.74, 6) is -1.03. The van der Waals surface area contributed by atoms with Gasteiger partial charge in [0.05, 0.1) is 12.2 Å². The normalized spacial score (nSPS) is 10.5. The Hall–Kier alpha value is -1.75. The number of hydrogen-bond acceptors (Lipinski definition) is 4. The molecule has 0 aliphatic heterocycles. The third kappa shape index (κ3) is 3.86. The Bertz CT molecular complexity index is 447. The molecule has 0 radical (unpaired) electrons. The maximum atomic E-state index is 11.2. The molecule has 0 fully saturated rings. The van der Waals surface area contributed by atoms with E-state index >= 15 is 0 Å². The van der Waals surface area contributed by atoms with Crippen LogP contribution < -0.4 is 10.6 Å². The first-order valence-electron chi connectivity index (χ1n) is 6.50. The van der Waals surface area contributed by atoms with Gasteiger partial charge in [0.25, 0.3) is 0 Å². The van der Waals surface area contributed by atoms with E-state index in [1.54, 1.807) is 13.0 Å². The highest BCUT2D eigenvalue weighted by Crippen LogP contribution is 2.25. The van der Waals surface area contributed by atoms with Crippen LogP contribution in [0.2, 0.25) is 0 Å². The second kappa shape index (κ2) is 6.99. The monoisotopic (exact) mass is 266 g/mol. The highest BCUT2D eigenvalue weighted by Gasteiger charge is 2.14. The average Bonchev–Trinajstić information content (AvgIpc) is 2.37. The number of aliphatic hydroxyl groups excluding tert-OH is 1. The van der Waals surface area contributed by atoms with E-state index in [1.807, 2.05) is 11.0 Å². The topological polar surface area (TPSA) is 86.8 Å². The van der Waals surface area contributed by atoms with Gasteiger partial charge in [-0.3, -0.25) is 0 Å². The fourth-order valence-electron chi connectivity index (χ4n) is 1.98. The second-order valence-electron chi connectivity index (χ2n) is 4.59. The van der Waals surface area contributed by atoms with Crippen molar-refractivity contribution >= 4 is 17.3 Å². The Morgan fingerprint density at radius 3 is 2.58 bits per heavy atom. The first kappa shape index (κ1) is 15.3. The van der Waals surface area contributed by atoms with E-state index in [-0.39, 0.29) is 12.2 Å². The van der Waals surface area contributed by atoms with E-state index in [1.165, 1.54) is 0 Å². The molecule has 0 aliphatic rings. The lowest BCUT2D eigenvalue weighted by Crippen LogP contribution is -2.28. The van der Waals surface area contributed by atoms with Crippen molar-refractivity contribution in [2.75, 3.05) is 30.3 Å². The second-order valence-corrected chi connectivity index (χ2v) is 4.59. The van der Waals surface area contributed by atoms with Crippen molar-refractivity contribution < 1.29 is 15.0 Å². The number of nitrogens with zero attached hydrogens (tertiary/aromatic N) is 1. The van der Waals surface area contributed by atoms with Gasteiger partial charge in [-0.1, -0.05) is 13.3 Å². The number of anilines is 2. The number of aryl methyl sites for hydroxylation is 1. The summed E-state index contributed by atoms with van der Waals surface area (Å²) in [6.07, 6.45) is 2.04. The van der Waals surface area contributed by atoms with Gasteiger partial charge in [-0.2, -0.15) is 0 Å². The molecule has 0 saturated carbocycles. The predicted molar refractivity (Wildman–Crippen MR) is 76.8 cm³/mol. The molecule has 0 spiro atoms. The van der Waals surface area contributed by atoms with E-state index in [0.717, 1.165) is 30.6 Å². The zero-order valence-corrected chi connectivity index (χ0v) is 11.5. The van der Waals surface area contributed by atoms with E-state index in [4.69, 9.17) is 15.9 Å². The number of nitrogen functional groups attached to an aromatic ring is 1. The molecule has 4 N–H and O–H groups in total. The van der Waals surface area contributed by atoms with Crippen molar-refractivity contribution in [3.8, 4) is 0 Å². The minimum atomic E-state index is -1.03. The summed E-state index contributed by atoms with van der Waals surface area (Å²) in [7, 11) is 0. The van der Waals surface area contributed by atoms with Gasteiger partial charge in [-0.05, 0) is 31.0 Å². The van der Waals surface area contributed by atoms with E-state index in [9.17, 15) is 4.79 Å². The van der Waals surface area contributed by atoms with Gasteiger partial charge in [0.2, 0.25) is 0 Å². The third-order valence-electron chi connectivity index (χ3n) is 3.12. The maximum Gasteiger partial charge on any atom is 0.337 e. The number of aliphatic hydroxyl groups is 1. The lowest BCUT2D eigenvalue weighted by atomic mass is 10.1. The molecular formula is C14H22N2O3. The molecule has 0 bridgehead atoms. The Morgan fingerprint density at radius 2 is 2.05 bits per heavy atom.